The standard InChI is InChI=1S/C20H33F3N2O5/c1-6-29-18(26)17(19(27)30-7-2)15(13(3)4)11-16(20(21,22)23)24-25-10-8-9-14(25)12-28-5/h13-15,17H,6-12H2,1-5H3/b24-16-/t14-,15+/m0/s1. The Morgan fingerprint density at radius 1 is 1.13 bits per heavy atom. The third-order valence-electron chi connectivity index (χ3n) is 5.08. The van der Waals surface area contributed by atoms with Gasteiger partial charge in [-0.2, -0.15) is 18.3 Å². The van der Waals surface area contributed by atoms with E-state index in [9.17, 15) is 22.8 Å². The summed E-state index contributed by atoms with van der Waals surface area (Å²) in [5, 5.41) is 5.30. The summed E-state index contributed by atoms with van der Waals surface area (Å²) in [6.07, 6.45) is -3.91. The van der Waals surface area contributed by atoms with Crippen LogP contribution in [0.3, 0.4) is 0 Å². The zero-order chi connectivity index (χ0) is 22.9. The number of esters is 2. The van der Waals surface area contributed by atoms with Crippen LogP contribution in [0.4, 0.5) is 13.2 Å². The molecule has 0 amide bonds. The van der Waals surface area contributed by atoms with Gasteiger partial charge >= 0.3 is 18.1 Å². The largest absolute Gasteiger partial charge is 0.465 e. The van der Waals surface area contributed by atoms with Crippen molar-refractivity contribution in [1.82, 2.24) is 5.01 Å². The van der Waals surface area contributed by atoms with E-state index in [1.54, 1.807) is 27.7 Å². The van der Waals surface area contributed by atoms with Gasteiger partial charge in [0.05, 0.1) is 25.9 Å². The minimum atomic E-state index is -4.71. The molecule has 0 bridgehead atoms. The number of hydrogen-bond donors (Lipinski definition) is 0. The molecule has 1 fully saturated rings. The fourth-order valence-corrected chi connectivity index (χ4v) is 3.55. The summed E-state index contributed by atoms with van der Waals surface area (Å²) in [5.74, 6) is -4.62. The van der Waals surface area contributed by atoms with Crippen molar-refractivity contribution in [2.75, 3.05) is 33.5 Å². The molecule has 7 nitrogen and oxygen atoms in total. The van der Waals surface area contributed by atoms with Crippen molar-refractivity contribution in [2.24, 2.45) is 22.9 Å². The molecule has 30 heavy (non-hydrogen) atoms. The summed E-state index contributed by atoms with van der Waals surface area (Å²) in [5.41, 5.74) is -1.03. The van der Waals surface area contributed by atoms with Crippen molar-refractivity contribution in [2.45, 2.75) is 59.2 Å². The number of ether oxygens (including phenoxy) is 3. The number of hydrogen-bond acceptors (Lipinski definition) is 7. The SMILES string of the molecule is CCOC(=O)C(C(=O)OCC)[C@H](C/C(=N/N1CCC[C@H]1COC)C(F)(F)F)C(C)C. The van der Waals surface area contributed by atoms with Crippen LogP contribution in [0.5, 0.6) is 0 Å². The summed E-state index contributed by atoms with van der Waals surface area (Å²) in [6.45, 7) is 7.13. The van der Waals surface area contributed by atoms with E-state index in [1.807, 2.05) is 0 Å². The van der Waals surface area contributed by atoms with E-state index < -0.39 is 48.0 Å². The third kappa shape index (κ3) is 7.45. The lowest BCUT2D eigenvalue weighted by molar-refractivity contribution is -0.165. The lowest BCUT2D eigenvalue weighted by Gasteiger charge is -2.29. The highest BCUT2D eigenvalue weighted by Crippen LogP contribution is 2.33. The molecule has 0 N–H and O–H groups in total. The molecular weight excluding hydrogens is 405 g/mol. The first-order valence-electron chi connectivity index (χ1n) is 10.3. The van der Waals surface area contributed by atoms with E-state index >= 15 is 0 Å². The molecule has 0 unspecified atom stereocenters. The molecule has 0 radical (unpaired) electrons. The van der Waals surface area contributed by atoms with Crippen LogP contribution in [-0.4, -0.2) is 68.4 Å². The Morgan fingerprint density at radius 3 is 2.13 bits per heavy atom. The van der Waals surface area contributed by atoms with Crippen molar-refractivity contribution >= 4 is 17.7 Å². The van der Waals surface area contributed by atoms with Crippen LogP contribution >= 0.6 is 0 Å². The second-order valence-corrected chi connectivity index (χ2v) is 7.55. The Kier molecular flexibility index (Phi) is 10.6. The Morgan fingerprint density at radius 2 is 1.70 bits per heavy atom. The van der Waals surface area contributed by atoms with Gasteiger partial charge in [-0.1, -0.05) is 13.8 Å². The lowest BCUT2D eigenvalue weighted by Crippen LogP contribution is -2.41. The third-order valence-corrected chi connectivity index (χ3v) is 5.08. The maximum atomic E-state index is 13.9. The molecule has 0 saturated carbocycles. The molecule has 1 rings (SSSR count). The van der Waals surface area contributed by atoms with Crippen molar-refractivity contribution in [3.63, 3.8) is 0 Å². The molecule has 0 aliphatic carbocycles. The molecule has 174 valence electrons. The number of carbonyl (C=O) groups is 2. The van der Waals surface area contributed by atoms with Crippen LogP contribution in [-0.2, 0) is 23.8 Å². The molecule has 10 heteroatoms. The number of nitrogens with zero attached hydrogens (tertiary/aromatic N) is 2. The van der Waals surface area contributed by atoms with Crippen molar-refractivity contribution in [3.05, 3.63) is 0 Å². The molecule has 0 aromatic heterocycles. The Balaban J connectivity index is 3.27. The average Bonchev–Trinajstić information content (AvgIpc) is 3.07. The van der Waals surface area contributed by atoms with Crippen LogP contribution in [0, 0.1) is 17.8 Å². The Bertz CT molecular complexity index is 577. The molecule has 0 aromatic carbocycles. The first-order valence-corrected chi connectivity index (χ1v) is 10.3. The number of rotatable bonds is 11. The zero-order valence-corrected chi connectivity index (χ0v) is 18.3. The molecule has 0 spiro atoms. The summed E-state index contributed by atoms with van der Waals surface area (Å²) in [4.78, 5) is 24.9. The number of alkyl halides is 3. The van der Waals surface area contributed by atoms with Crippen LogP contribution in [0.1, 0.15) is 47.0 Å². The second-order valence-electron chi connectivity index (χ2n) is 7.55. The maximum absolute atomic E-state index is 13.9. The van der Waals surface area contributed by atoms with E-state index in [2.05, 4.69) is 5.10 Å². The van der Waals surface area contributed by atoms with Gasteiger partial charge in [-0.05, 0) is 38.5 Å². The van der Waals surface area contributed by atoms with Gasteiger partial charge in [0.2, 0.25) is 0 Å². The van der Waals surface area contributed by atoms with E-state index in [4.69, 9.17) is 14.2 Å². The predicted molar refractivity (Wildman–Crippen MR) is 105 cm³/mol. The van der Waals surface area contributed by atoms with Gasteiger partial charge < -0.3 is 14.2 Å². The molecule has 1 heterocycles. The lowest BCUT2D eigenvalue weighted by atomic mass is 9.79. The highest BCUT2D eigenvalue weighted by molar-refractivity contribution is 5.97. The van der Waals surface area contributed by atoms with Crippen LogP contribution < -0.4 is 0 Å². The van der Waals surface area contributed by atoms with Crippen molar-refractivity contribution in [3.8, 4) is 0 Å². The highest BCUT2D eigenvalue weighted by Gasteiger charge is 2.45. The molecule has 1 aliphatic heterocycles. The topological polar surface area (TPSA) is 77.4 Å². The van der Waals surface area contributed by atoms with E-state index in [1.165, 1.54) is 12.1 Å². The molecular formula is C20H33F3N2O5. The second kappa shape index (κ2) is 12.1. The first-order chi connectivity index (χ1) is 14.1. The summed E-state index contributed by atoms with van der Waals surface area (Å²) in [6, 6.07) is -0.240. The van der Waals surface area contributed by atoms with E-state index in [0.29, 0.717) is 19.4 Å². The van der Waals surface area contributed by atoms with Gasteiger partial charge in [-0.25, -0.2) is 0 Å². The van der Waals surface area contributed by atoms with Gasteiger partial charge in [0, 0.05) is 20.1 Å². The van der Waals surface area contributed by atoms with Gasteiger partial charge in [0.1, 0.15) is 5.71 Å². The minimum absolute atomic E-state index is 0.00620. The summed E-state index contributed by atoms with van der Waals surface area (Å²) >= 11 is 0. The normalized spacial score (nSPS) is 18.8. The number of hydrazone groups is 1. The molecule has 1 saturated heterocycles. The van der Waals surface area contributed by atoms with E-state index in [0.717, 1.165) is 0 Å². The Hall–Kier alpha value is -1.84. The summed E-state index contributed by atoms with van der Waals surface area (Å²) < 4.78 is 56.6. The maximum Gasteiger partial charge on any atom is 0.431 e. The molecule has 2 atom stereocenters. The molecule has 0 aromatic rings. The zero-order valence-electron chi connectivity index (χ0n) is 18.3. The van der Waals surface area contributed by atoms with Gasteiger partial charge in [0.15, 0.2) is 5.92 Å². The van der Waals surface area contributed by atoms with Gasteiger partial charge in [0.25, 0.3) is 0 Å². The van der Waals surface area contributed by atoms with Crippen LogP contribution in [0.25, 0.3) is 0 Å². The average molecular weight is 438 g/mol. The quantitative estimate of drug-likeness (QED) is 0.280. The minimum Gasteiger partial charge on any atom is -0.465 e. The first kappa shape index (κ1) is 26.2. The monoisotopic (exact) mass is 438 g/mol. The molecule has 1 aliphatic rings. The smallest absolute Gasteiger partial charge is 0.431 e. The van der Waals surface area contributed by atoms with E-state index in [-0.39, 0.29) is 25.9 Å². The number of carbonyl (C=O) groups excluding carboxylic acids is 2. The fourth-order valence-electron chi connectivity index (χ4n) is 3.55. The Labute approximate surface area is 175 Å². The van der Waals surface area contributed by atoms with Gasteiger partial charge in [-0.3, -0.25) is 14.6 Å². The summed E-state index contributed by atoms with van der Waals surface area (Å²) in [7, 11) is 1.49. The fraction of sp³-hybridized carbons (Fsp3) is 0.850. The highest BCUT2D eigenvalue weighted by atomic mass is 19.4. The van der Waals surface area contributed by atoms with Crippen LogP contribution in [0.2, 0.25) is 0 Å². The van der Waals surface area contributed by atoms with Gasteiger partial charge in [-0.15, -0.1) is 0 Å². The number of halogens is 3. The number of methoxy groups -OCH3 is 1. The van der Waals surface area contributed by atoms with Crippen LogP contribution in [0.15, 0.2) is 5.10 Å². The predicted octanol–water partition coefficient (Wildman–Crippen LogP) is 3.42. The van der Waals surface area contributed by atoms with Crippen molar-refractivity contribution < 1.29 is 37.0 Å². The van der Waals surface area contributed by atoms with Crippen molar-refractivity contribution in [1.29, 1.82) is 0 Å².